The minimum absolute atomic E-state index is 0.0231. The summed E-state index contributed by atoms with van der Waals surface area (Å²) in [5.41, 5.74) is 0. The molecule has 5 nitrogen and oxygen atoms in total. The first-order valence-electron chi connectivity index (χ1n) is 4.36. The lowest BCUT2D eigenvalue weighted by molar-refractivity contribution is 0.0776. The van der Waals surface area contributed by atoms with Crippen molar-refractivity contribution in [2.24, 2.45) is 0 Å². The topological polar surface area (TPSA) is 52.2 Å². The van der Waals surface area contributed by atoms with Crippen LogP contribution in [0.2, 0.25) is 0 Å². The van der Waals surface area contributed by atoms with Crippen molar-refractivity contribution in [3.05, 3.63) is 30.6 Å². The normalized spacial score (nSPS) is 16.7. The van der Waals surface area contributed by atoms with Crippen molar-refractivity contribution >= 4 is 5.78 Å². The SMILES string of the molecule is CN1C=CN(C)C1C(=O)c1ncc[nH]1. The first-order chi connectivity index (χ1) is 6.70. The van der Waals surface area contributed by atoms with E-state index < -0.39 is 0 Å². The zero-order valence-corrected chi connectivity index (χ0v) is 8.14. The molecule has 14 heavy (non-hydrogen) atoms. The molecule has 1 aliphatic rings. The third-order valence-corrected chi connectivity index (χ3v) is 2.27. The van der Waals surface area contributed by atoms with Gasteiger partial charge >= 0.3 is 0 Å². The molecule has 2 heterocycles. The van der Waals surface area contributed by atoms with Gasteiger partial charge in [-0.05, 0) is 0 Å². The molecule has 0 radical (unpaired) electrons. The standard InChI is InChI=1S/C9H12N4O/c1-12-5-6-13(2)9(12)7(14)8-10-3-4-11-8/h3-6,9H,1-2H3,(H,10,11). The number of hydrogen-bond donors (Lipinski definition) is 1. The van der Waals surface area contributed by atoms with Crippen LogP contribution in [0.1, 0.15) is 10.6 Å². The van der Waals surface area contributed by atoms with Gasteiger partial charge in [-0.25, -0.2) is 4.98 Å². The number of aromatic amines is 1. The largest absolute Gasteiger partial charge is 0.353 e. The monoisotopic (exact) mass is 192 g/mol. The Morgan fingerprint density at radius 2 is 2.07 bits per heavy atom. The van der Waals surface area contributed by atoms with Gasteiger partial charge < -0.3 is 14.8 Å². The molecule has 1 aromatic heterocycles. The van der Waals surface area contributed by atoms with Crippen LogP contribution in [0.15, 0.2) is 24.8 Å². The van der Waals surface area contributed by atoms with E-state index in [0.717, 1.165) is 0 Å². The number of hydrogen-bond acceptors (Lipinski definition) is 4. The molecule has 0 spiro atoms. The zero-order valence-electron chi connectivity index (χ0n) is 8.14. The number of Topliss-reactive ketones (excluding diaryl/α,β-unsaturated/α-hetero) is 1. The van der Waals surface area contributed by atoms with Crippen LogP contribution >= 0.6 is 0 Å². The van der Waals surface area contributed by atoms with Crippen molar-refractivity contribution in [2.75, 3.05) is 14.1 Å². The molecule has 1 aliphatic heterocycles. The summed E-state index contributed by atoms with van der Waals surface area (Å²) >= 11 is 0. The van der Waals surface area contributed by atoms with Crippen molar-refractivity contribution in [2.45, 2.75) is 6.17 Å². The fourth-order valence-electron chi connectivity index (χ4n) is 1.55. The molecule has 0 saturated heterocycles. The third-order valence-electron chi connectivity index (χ3n) is 2.27. The number of imidazole rings is 1. The van der Waals surface area contributed by atoms with E-state index in [1.165, 1.54) is 0 Å². The van der Waals surface area contributed by atoms with Crippen LogP contribution < -0.4 is 0 Å². The first kappa shape index (κ1) is 8.80. The second-order valence-electron chi connectivity index (χ2n) is 3.30. The predicted molar refractivity (Wildman–Crippen MR) is 51.4 cm³/mol. The molecular weight excluding hydrogens is 180 g/mol. The molecule has 5 heteroatoms. The van der Waals surface area contributed by atoms with Gasteiger partial charge in [-0.2, -0.15) is 0 Å². The van der Waals surface area contributed by atoms with Crippen LogP contribution in [0.4, 0.5) is 0 Å². The maximum absolute atomic E-state index is 11.9. The number of ketones is 1. The molecule has 0 amide bonds. The average Bonchev–Trinajstić information content (AvgIpc) is 2.75. The number of carbonyl (C=O) groups excluding carboxylic acids is 1. The lowest BCUT2D eigenvalue weighted by Gasteiger charge is -2.24. The highest BCUT2D eigenvalue weighted by Gasteiger charge is 2.30. The summed E-state index contributed by atoms with van der Waals surface area (Å²) in [5.74, 6) is 0.377. The fourth-order valence-corrected chi connectivity index (χ4v) is 1.55. The zero-order chi connectivity index (χ0) is 10.1. The van der Waals surface area contributed by atoms with Gasteiger partial charge in [0.2, 0.25) is 5.78 Å². The Kier molecular flexibility index (Phi) is 1.99. The highest BCUT2D eigenvalue weighted by molar-refractivity contribution is 5.96. The number of H-pyrrole nitrogens is 1. The Morgan fingerprint density at radius 3 is 2.57 bits per heavy atom. The van der Waals surface area contributed by atoms with Gasteiger partial charge in [-0.15, -0.1) is 0 Å². The van der Waals surface area contributed by atoms with Gasteiger partial charge in [-0.3, -0.25) is 4.79 Å². The number of nitrogens with zero attached hydrogens (tertiary/aromatic N) is 3. The van der Waals surface area contributed by atoms with Crippen LogP contribution in [0.3, 0.4) is 0 Å². The molecule has 1 aromatic rings. The number of aromatic nitrogens is 2. The van der Waals surface area contributed by atoms with E-state index in [1.54, 1.807) is 12.4 Å². The highest BCUT2D eigenvalue weighted by atomic mass is 16.1. The van der Waals surface area contributed by atoms with Gasteiger partial charge in [0, 0.05) is 38.9 Å². The molecule has 0 atom stereocenters. The second kappa shape index (κ2) is 3.17. The second-order valence-corrected chi connectivity index (χ2v) is 3.30. The van der Waals surface area contributed by atoms with Gasteiger partial charge in [-0.1, -0.05) is 0 Å². The summed E-state index contributed by atoms with van der Waals surface area (Å²) in [4.78, 5) is 22.4. The first-order valence-corrected chi connectivity index (χ1v) is 4.36. The van der Waals surface area contributed by atoms with Crippen LogP contribution in [0, 0.1) is 0 Å². The smallest absolute Gasteiger partial charge is 0.240 e. The van der Waals surface area contributed by atoms with E-state index in [0.29, 0.717) is 5.82 Å². The van der Waals surface area contributed by atoms with Crippen molar-refractivity contribution in [3.8, 4) is 0 Å². The molecule has 0 fully saturated rings. The van der Waals surface area contributed by atoms with Gasteiger partial charge in [0.15, 0.2) is 12.0 Å². The van der Waals surface area contributed by atoms with Gasteiger partial charge in [0.1, 0.15) is 0 Å². The van der Waals surface area contributed by atoms with Crippen LogP contribution in [0.5, 0.6) is 0 Å². The van der Waals surface area contributed by atoms with Crippen LogP contribution in [-0.4, -0.2) is 45.8 Å². The Labute approximate surface area is 82.0 Å². The molecule has 2 rings (SSSR count). The molecule has 0 aromatic carbocycles. The average molecular weight is 192 g/mol. The Hall–Kier alpha value is -1.78. The molecule has 0 aliphatic carbocycles. The van der Waals surface area contributed by atoms with E-state index in [1.807, 2.05) is 36.3 Å². The Balaban J connectivity index is 2.20. The molecule has 0 unspecified atom stereocenters. The minimum Gasteiger partial charge on any atom is -0.353 e. The fraction of sp³-hybridized carbons (Fsp3) is 0.333. The highest BCUT2D eigenvalue weighted by Crippen LogP contribution is 2.14. The van der Waals surface area contributed by atoms with E-state index in [4.69, 9.17) is 0 Å². The van der Waals surface area contributed by atoms with E-state index in [9.17, 15) is 4.79 Å². The van der Waals surface area contributed by atoms with E-state index in [-0.39, 0.29) is 11.9 Å². The number of likely N-dealkylation sites (N-methyl/N-ethyl adjacent to an activating group) is 2. The van der Waals surface area contributed by atoms with Gasteiger partial charge in [0.05, 0.1) is 0 Å². The lowest BCUT2D eigenvalue weighted by atomic mass is 10.2. The molecule has 1 N–H and O–H groups in total. The van der Waals surface area contributed by atoms with E-state index >= 15 is 0 Å². The van der Waals surface area contributed by atoms with Crippen LogP contribution in [0.25, 0.3) is 0 Å². The molecule has 0 saturated carbocycles. The minimum atomic E-state index is -0.277. The summed E-state index contributed by atoms with van der Waals surface area (Å²) in [7, 11) is 3.73. The maximum atomic E-state index is 11.9. The van der Waals surface area contributed by atoms with Crippen molar-refractivity contribution < 1.29 is 4.79 Å². The third kappa shape index (κ3) is 1.26. The summed E-state index contributed by atoms with van der Waals surface area (Å²) in [6.07, 6.45) is 6.68. The summed E-state index contributed by atoms with van der Waals surface area (Å²) in [6.45, 7) is 0. The summed E-state index contributed by atoms with van der Waals surface area (Å²) in [5, 5.41) is 0. The molecular formula is C9H12N4O. The Morgan fingerprint density at radius 1 is 1.43 bits per heavy atom. The summed E-state index contributed by atoms with van der Waals surface area (Å²) < 4.78 is 0. The van der Waals surface area contributed by atoms with Gasteiger partial charge in [0.25, 0.3) is 0 Å². The number of rotatable bonds is 2. The van der Waals surface area contributed by atoms with E-state index in [2.05, 4.69) is 9.97 Å². The quantitative estimate of drug-likeness (QED) is 0.683. The Bertz CT molecular complexity index is 345. The lowest BCUT2D eigenvalue weighted by Crippen LogP contribution is -2.41. The van der Waals surface area contributed by atoms with Crippen LogP contribution in [-0.2, 0) is 0 Å². The molecule has 74 valence electrons. The van der Waals surface area contributed by atoms with Crippen molar-refractivity contribution in [1.29, 1.82) is 0 Å². The molecule has 0 bridgehead atoms. The van der Waals surface area contributed by atoms with Crippen molar-refractivity contribution in [1.82, 2.24) is 19.8 Å². The summed E-state index contributed by atoms with van der Waals surface area (Å²) in [6, 6.07) is 0. The van der Waals surface area contributed by atoms with Crippen molar-refractivity contribution in [3.63, 3.8) is 0 Å². The predicted octanol–water partition coefficient (Wildman–Crippen LogP) is 0.267. The number of carbonyl (C=O) groups is 1. The maximum Gasteiger partial charge on any atom is 0.240 e. The number of nitrogens with one attached hydrogen (secondary N) is 1.